The van der Waals surface area contributed by atoms with Crippen molar-refractivity contribution in [1.29, 1.82) is 0 Å². The first-order chi connectivity index (χ1) is 12.9. The molecule has 10 nitrogen and oxygen atoms in total. The fourth-order valence-electron chi connectivity index (χ4n) is 2.86. The number of hydrogen-bond acceptors (Lipinski definition) is 9. The normalized spacial score (nSPS) is 23.6. The van der Waals surface area contributed by atoms with E-state index in [4.69, 9.17) is 9.88 Å². The lowest BCUT2D eigenvalue weighted by molar-refractivity contribution is -0.142. The van der Waals surface area contributed by atoms with Gasteiger partial charge >= 0.3 is 12.1 Å². The molecule has 0 bridgehead atoms. The fraction of sp³-hybridized carbons (Fsp3) is 0.600. The van der Waals surface area contributed by atoms with E-state index < -0.39 is 43.2 Å². The maximum atomic E-state index is 12.6. The van der Waals surface area contributed by atoms with Crippen molar-refractivity contribution in [2.75, 3.05) is 19.8 Å². The SMILES string of the molecule is CCN(C(=O)OCCOC(C)=O)[C@H]1C=C(S(N)(=O)=O)SC2=C1C[C@H](C)S2(=O)=O. The van der Waals surface area contributed by atoms with E-state index in [1.54, 1.807) is 6.92 Å². The number of likely N-dealkylation sites (N-methyl/N-ethyl adjacent to an activating group) is 1. The maximum Gasteiger partial charge on any atom is 0.410 e. The molecule has 0 radical (unpaired) electrons. The number of carbonyl (C=O) groups is 2. The van der Waals surface area contributed by atoms with Crippen LogP contribution in [0.1, 0.15) is 27.2 Å². The van der Waals surface area contributed by atoms with Gasteiger partial charge in [-0.2, -0.15) is 0 Å². The van der Waals surface area contributed by atoms with Crippen molar-refractivity contribution in [3.63, 3.8) is 0 Å². The van der Waals surface area contributed by atoms with E-state index in [2.05, 4.69) is 4.74 Å². The summed E-state index contributed by atoms with van der Waals surface area (Å²) in [6, 6.07) is -0.921. The van der Waals surface area contributed by atoms with Crippen LogP contribution in [-0.4, -0.2) is 64.8 Å². The monoisotopic (exact) mass is 454 g/mol. The Balaban J connectivity index is 2.34. The molecule has 2 rings (SSSR count). The Morgan fingerprint density at radius 2 is 1.93 bits per heavy atom. The number of esters is 1. The van der Waals surface area contributed by atoms with Crippen LogP contribution in [0.2, 0.25) is 0 Å². The van der Waals surface area contributed by atoms with Gasteiger partial charge in [0.15, 0.2) is 9.84 Å². The van der Waals surface area contributed by atoms with Gasteiger partial charge in [-0.05, 0) is 31.9 Å². The number of thioether (sulfide) groups is 1. The van der Waals surface area contributed by atoms with Crippen LogP contribution in [0.5, 0.6) is 0 Å². The second-order valence-electron chi connectivity index (χ2n) is 6.19. The molecule has 0 aromatic carbocycles. The van der Waals surface area contributed by atoms with E-state index >= 15 is 0 Å². The lowest BCUT2D eigenvalue weighted by Gasteiger charge is -2.31. The molecule has 0 saturated carbocycles. The van der Waals surface area contributed by atoms with Gasteiger partial charge in [-0.25, -0.2) is 26.8 Å². The fourth-order valence-corrected chi connectivity index (χ4v) is 7.32. The van der Waals surface area contributed by atoms with Crippen LogP contribution in [0.3, 0.4) is 0 Å². The molecule has 0 spiro atoms. The molecule has 13 heteroatoms. The van der Waals surface area contributed by atoms with Gasteiger partial charge in [0.1, 0.15) is 21.7 Å². The second kappa shape index (κ2) is 8.43. The summed E-state index contributed by atoms with van der Waals surface area (Å²) in [5.74, 6) is -0.520. The molecule has 0 aromatic heterocycles. The Morgan fingerprint density at radius 3 is 2.46 bits per heavy atom. The quantitative estimate of drug-likeness (QED) is 0.451. The van der Waals surface area contributed by atoms with E-state index in [-0.39, 0.29) is 34.7 Å². The first-order valence-electron chi connectivity index (χ1n) is 8.35. The van der Waals surface area contributed by atoms with Crippen LogP contribution < -0.4 is 5.14 Å². The minimum Gasteiger partial charge on any atom is -0.462 e. The van der Waals surface area contributed by atoms with E-state index in [0.29, 0.717) is 17.3 Å². The minimum absolute atomic E-state index is 0.0808. The number of nitrogens with two attached hydrogens (primary N) is 1. The smallest absolute Gasteiger partial charge is 0.410 e. The van der Waals surface area contributed by atoms with Gasteiger partial charge in [-0.15, -0.1) is 0 Å². The highest BCUT2D eigenvalue weighted by atomic mass is 32.3. The molecule has 0 unspecified atom stereocenters. The summed E-state index contributed by atoms with van der Waals surface area (Å²) in [5, 5.41) is 4.47. The van der Waals surface area contributed by atoms with E-state index in [1.807, 2.05) is 0 Å². The third-order valence-electron chi connectivity index (χ3n) is 4.21. The van der Waals surface area contributed by atoms with Crippen molar-refractivity contribution in [2.45, 2.75) is 38.5 Å². The third-order valence-corrected chi connectivity index (χ3v) is 9.59. The molecule has 1 amide bonds. The van der Waals surface area contributed by atoms with Gasteiger partial charge in [-0.3, -0.25) is 9.69 Å². The molecular weight excluding hydrogens is 432 g/mol. The molecule has 2 heterocycles. The predicted octanol–water partition coefficient (Wildman–Crippen LogP) is 0.672. The van der Waals surface area contributed by atoms with Crippen molar-refractivity contribution in [2.24, 2.45) is 5.14 Å². The molecule has 0 aliphatic carbocycles. The Labute approximate surface area is 168 Å². The van der Waals surface area contributed by atoms with Crippen LogP contribution >= 0.6 is 11.8 Å². The summed E-state index contributed by atoms with van der Waals surface area (Å²) in [6.45, 7) is 4.19. The van der Waals surface area contributed by atoms with Gasteiger partial charge in [0.25, 0.3) is 0 Å². The molecule has 2 N–H and O–H groups in total. The number of nitrogens with zero attached hydrogens (tertiary/aromatic N) is 1. The zero-order chi connectivity index (χ0) is 21.3. The number of sulfone groups is 1. The van der Waals surface area contributed by atoms with Gasteiger partial charge < -0.3 is 9.47 Å². The van der Waals surface area contributed by atoms with E-state index in [0.717, 1.165) is 0 Å². The largest absolute Gasteiger partial charge is 0.462 e. The van der Waals surface area contributed by atoms with Crippen molar-refractivity contribution in [3.05, 3.63) is 20.1 Å². The summed E-state index contributed by atoms with van der Waals surface area (Å²) in [7, 11) is -7.88. The lowest BCUT2D eigenvalue weighted by Crippen LogP contribution is -2.42. The minimum atomic E-state index is -4.17. The Kier molecular flexibility index (Phi) is 6.84. The summed E-state index contributed by atoms with van der Waals surface area (Å²) in [4.78, 5) is 24.4. The number of ether oxygens (including phenoxy) is 2. The van der Waals surface area contributed by atoms with Crippen LogP contribution in [0.4, 0.5) is 4.79 Å². The molecule has 158 valence electrons. The summed E-state index contributed by atoms with van der Waals surface area (Å²) < 4.78 is 58.2. The van der Waals surface area contributed by atoms with Crippen molar-refractivity contribution in [1.82, 2.24) is 4.90 Å². The number of hydrogen-bond donors (Lipinski definition) is 1. The van der Waals surface area contributed by atoms with Crippen LogP contribution in [0.25, 0.3) is 0 Å². The molecule has 2 atom stereocenters. The van der Waals surface area contributed by atoms with Crippen molar-refractivity contribution >= 4 is 43.7 Å². The number of rotatable bonds is 6. The molecule has 2 aliphatic rings. The topological polar surface area (TPSA) is 150 Å². The second-order valence-corrected chi connectivity index (χ2v) is 11.6. The molecule has 0 saturated heterocycles. The standard InChI is InChI=1S/C15H22N2O8S3/c1-4-17(15(19)25-6-5-24-10(3)18)12-8-13(28(16,22)23)26-14-11(12)7-9(2)27(14,20)21/h8-9,12H,4-7H2,1-3H3,(H2,16,22,23)/t9-,12-/m0/s1. The number of primary sulfonamides is 1. The van der Waals surface area contributed by atoms with Crippen molar-refractivity contribution < 1.29 is 35.9 Å². The number of amides is 1. The molecule has 0 aromatic rings. The van der Waals surface area contributed by atoms with Crippen molar-refractivity contribution in [3.8, 4) is 0 Å². The molecular formula is C15H22N2O8S3. The highest BCUT2D eigenvalue weighted by Crippen LogP contribution is 2.48. The Morgan fingerprint density at radius 1 is 1.32 bits per heavy atom. The highest BCUT2D eigenvalue weighted by molar-refractivity contribution is 8.27. The van der Waals surface area contributed by atoms with Crippen LogP contribution in [-0.2, 0) is 34.1 Å². The first-order valence-corrected chi connectivity index (χ1v) is 12.3. The molecule has 0 fully saturated rings. The van der Waals surface area contributed by atoms with Gasteiger partial charge in [0, 0.05) is 13.5 Å². The maximum absolute atomic E-state index is 12.6. The third kappa shape index (κ3) is 4.70. The predicted molar refractivity (Wildman–Crippen MR) is 103 cm³/mol. The van der Waals surface area contributed by atoms with Gasteiger partial charge in [-0.1, -0.05) is 11.8 Å². The molecule has 2 aliphatic heterocycles. The zero-order valence-corrected chi connectivity index (χ0v) is 18.0. The average molecular weight is 455 g/mol. The molecule has 28 heavy (non-hydrogen) atoms. The van der Waals surface area contributed by atoms with Crippen LogP contribution in [0.15, 0.2) is 20.1 Å². The highest BCUT2D eigenvalue weighted by Gasteiger charge is 2.45. The number of carbonyl (C=O) groups excluding carboxylic acids is 2. The Hall–Kier alpha value is -1.57. The van der Waals surface area contributed by atoms with E-state index in [9.17, 15) is 26.4 Å². The van der Waals surface area contributed by atoms with Gasteiger partial charge in [0.2, 0.25) is 10.0 Å². The first kappa shape index (κ1) is 22.7. The van der Waals surface area contributed by atoms with Gasteiger partial charge in [0.05, 0.1) is 11.3 Å². The number of sulfonamides is 1. The Bertz CT molecular complexity index is 936. The zero-order valence-electron chi connectivity index (χ0n) is 15.6. The lowest BCUT2D eigenvalue weighted by atomic mass is 10.0. The average Bonchev–Trinajstić information content (AvgIpc) is 2.81. The summed E-state index contributed by atoms with van der Waals surface area (Å²) >= 11 is 0.591. The van der Waals surface area contributed by atoms with Crippen LogP contribution in [0, 0.1) is 0 Å². The summed E-state index contributed by atoms with van der Waals surface area (Å²) in [6.07, 6.45) is 0.643. The van der Waals surface area contributed by atoms with E-state index in [1.165, 1.54) is 24.8 Å². The summed E-state index contributed by atoms with van der Waals surface area (Å²) in [5.41, 5.74) is 0.434.